The van der Waals surface area contributed by atoms with E-state index in [0.717, 1.165) is 11.4 Å². The average Bonchev–Trinajstić information content (AvgIpc) is 3.38. The largest absolute Gasteiger partial charge is 0.495 e. The molecular weight excluding hydrogens is 494 g/mol. The van der Waals surface area contributed by atoms with Crippen LogP contribution in [0.25, 0.3) is 16.9 Å². The molecule has 3 aromatic carbocycles. The van der Waals surface area contributed by atoms with Crippen molar-refractivity contribution in [1.29, 1.82) is 0 Å². The number of para-hydroxylation sites is 2. The molecular formula is C27H24ClN5O4. The second-order valence-electron chi connectivity index (χ2n) is 8.53. The molecule has 37 heavy (non-hydrogen) atoms. The standard InChI is InChI=1S/C27H24ClN5O4/c1-37-26-12-5-4-11-24(26)30-13-15-31(16-14-30)27(34)25-18-23(21-9-2-3-10-22(21)28)29-32(25)19-7-6-8-20(17-19)33(35)36/h2-12,17-18H,13-16H2,1H3. The number of carbonyl (C=O) groups excluding carboxylic acids is 1. The van der Waals surface area contributed by atoms with Gasteiger partial charge in [-0.25, -0.2) is 4.68 Å². The van der Waals surface area contributed by atoms with E-state index in [0.29, 0.717) is 53.8 Å². The van der Waals surface area contributed by atoms with Gasteiger partial charge in [0.2, 0.25) is 0 Å². The monoisotopic (exact) mass is 517 g/mol. The fourth-order valence-corrected chi connectivity index (χ4v) is 4.71. The number of ether oxygens (including phenoxy) is 1. The number of hydrogen-bond donors (Lipinski definition) is 0. The third kappa shape index (κ3) is 4.85. The van der Waals surface area contributed by atoms with Gasteiger partial charge < -0.3 is 14.5 Å². The summed E-state index contributed by atoms with van der Waals surface area (Å²) < 4.78 is 6.95. The van der Waals surface area contributed by atoms with Gasteiger partial charge in [-0.15, -0.1) is 0 Å². The minimum Gasteiger partial charge on any atom is -0.495 e. The quantitative estimate of drug-likeness (QED) is 0.262. The van der Waals surface area contributed by atoms with Crippen LogP contribution in [0.15, 0.2) is 78.9 Å². The summed E-state index contributed by atoms with van der Waals surface area (Å²) >= 11 is 6.41. The number of amides is 1. The molecule has 2 heterocycles. The lowest BCUT2D eigenvalue weighted by molar-refractivity contribution is -0.384. The molecule has 1 aromatic heterocycles. The summed E-state index contributed by atoms with van der Waals surface area (Å²) in [5.41, 5.74) is 2.80. The Morgan fingerprint density at radius 1 is 0.973 bits per heavy atom. The Bertz CT molecular complexity index is 1460. The first-order chi connectivity index (χ1) is 18.0. The molecule has 0 radical (unpaired) electrons. The number of rotatable bonds is 6. The van der Waals surface area contributed by atoms with Crippen molar-refractivity contribution in [2.45, 2.75) is 0 Å². The van der Waals surface area contributed by atoms with E-state index in [4.69, 9.17) is 16.3 Å². The summed E-state index contributed by atoms with van der Waals surface area (Å²) in [5.74, 6) is 0.576. The SMILES string of the molecule is COc1ccccc1N1CCN(C(=O)c2cc(-c3ccccc3Cl)nn2-c2cccc([N+](=O)[O-])c2)CC1. The van der Waals surface area contributed by atoms with Crippen LogP contribution in [0.1, 0.15) is 10.5 Å². The van der Waals surface area contributed by atoms with E-state index in [1.165, 1.54) is 16.8 Å². The lowest BCUT2D eigenvalue weighted by atomic mass is 10.1. The van der Waals surface area contributed by atoms with Gasteiger partial charge >= 0.3 is 0 Å². The zero-order valence-electron chi connectivity index (χ0n) is 20.1. The summed E-state index contributed by atoms with van der Waals surface area (Å²) in [6.07, 6.45) is 0. The molecule has 1 aliphatic rings. The van der Waals surface area contributed by atoms with Gasteiger partial charge in [-0.05, 0) is 30.3 Å². The molecule has 4 aromatic rings. The van der Waals surface area contributed by atoms with Crippen LogP contribution in [-0.2, 0) is 0 Å². The molecule has 0 unspecified atom stereocenters. The van der Waals surface area contributed by atoms with Gasteiger partial charge in [-0.2, -0.15) is 5.10 Å². The topological polar surface area (TPSA) is 93.7 Å². The van der Waals surface area contributed by atoms with Crippen LogP contribution in [0.4, 0.5) is 11.4 Å². The highest BCUT2D eigenvalue weighted by Gasteiger charge is 2.28. The number of non-ortho nitro benzene ring substituents is 1. The molecule has 0 bridgehead atoms. The van der Waals surface area contributed by atoms with Gasteiger partial charge in [0.25, 0.3) is 11.6 Å². The first kappa shape index (κ1) is 24.3. The highest BCUT2D eigenvalue weighted by Crippen LogP contribution is 2.31. The van der Waals surface area contributed by atoms with E-state index < -0.39 is 4.92 Å². The summed E-state index contributed by atoms with van der Waals surface area (Å²) in [5, 5.41) is 16.5. The number of piperazine rings is 1. The molecule has 1 saturated heterocycles. The minimum absolute atomic E-state index is 0.0869. The number of carbonyl (C=O) groups is 1. The number of anilines is 1. The fourth-order valence-electron chi connectivity index (χ4n) is 4.47. The second-order valence-corrected chi connectivity index (χ2v) is 8.94. The number of nitrogens with zero attached hydrogens (tertiary/aromatic N) is 5. The van der Waals surface area contributed by atoms with Crippen molar-refractivity contribution in [2.75, 3.05) is 38.2 Å². The van der Waals surface area contributed by atoms with Crippen molar-refractivity contribution in [3.05, 3.63) is 99.7 Å². The number of nitro groups is 1. The van der Waals surface area contributed by atoms with Gasteiger partial charge in [-0.1, -0.05) is 48.0 Å². The van der Waals surface area contributed by atoms with Gasteiger partial charge in [0, 0.05) is 43.9 Å². The van der Waals surface area contributed by atoms with Crippen LogP contribution >= 0.6 is 11.6 Å². The van der Waals surface area contributed by atoms with Crippen LogP contribution in [0.5, 0.6) is 5.75 Å². The van der Waals surface area contributed by atoms with E-state index in [-0.39, 0.29) is 11.6 Å². The van der Waals surface area contributed by atoms with E-state index in [2.05, 4.69) is 10.00 Å². The van der Waals surface area contributed by atoms with Crippen molar-refractivity contribution in [3.8, 4) is 22.7 Å². The van der Waals surface area contributed by atoms with Gasteiger partial charge in [-0.3, -0.25) is 14.9 Å². The molecule has 0 atom stereocenters. The lowest BCUT2D eigenvalue weighted by Crippen LogP contribution is -2.49. The summed E-state index contributed by atoms with van der Waals surface area (Å²) in [7, 11) is 1.64. The zero-order valence-corrected chi connectivity index (χ0v) is 20.8. The van der Waals surface area contributed by atoms with E-state index in [1.54, 1.807) is 36.3 Å². The Kier molecular flexibility index (Phi) is 6.78. The molecule has 0 aliphatic carbocycles. The summed E-state index contributed by atoms with van der Waals surface area (Å²) in [4.78, 5) is 28.6. The molecule has 0 saturated carbocycles. The van der Waals surface area contributed by atoms with Crippen LogP contribution in [0, 0.1) is 10.1 Å². The molecule has 0 N–H and O–H groups in total. The summed E-state index contributed by atoms with van der Waals surface area (Å²) in [6.45, 7) is 2.26. The fraction of sp³-hybridized carbons (Fsp3) is 0.185. The first-order valence-electron chi connectivity index (χ1n) is 11.7. The van der Waals surface area contributed by atoms with Gasteiger partial charge in [0.05, 0.1) is 34.1 Å². The Morgan fingerprint density at radius 2 is 1.70 bits per heavy atom. The number of benzene rings is 3. The summed E-state index contributed by atoms with van der Waals surface area (Å²) in [6, 6.07) is 22.8. The van der Waals surface area contributed by atoms with Crippen LogP contribution in [0.2, 0.25) is 5.02 Å². The van der Waals surface area contributed by atoms with E-state index in [1.807, 2.05) is 42.5 Å². The van der Waals surface area contributed by atoms with Crippen LogP contribution in [0.3, 0.4) is 0 Å². The van der Waals surface area contributed by atoms with Crippen molar-refractivity contribution in [1.82, 2.24) is 14.7 Å². The normalized spacial score (nSPS) is 13.5. The van der Waals surface area contributed by atoms with Gasteiger partial charge in [0.15, 0.2) is 0 Å². The molecule has 9 nitrogen and oxygen atoms in total. The van der Waals surface area contributed by atoms with Gasteiger partial charge in [0.1, 0.15) is 11.4 Å². The highest BCUT2D eigenvalue weighted by atomic mass is 35.5. The van der Waals surface area contributed by atoms with Crippen LogP contribution < -0.4 is 9.64 Å². The third-order valence-electron chi connectivity index (χ3n) is 6.36. The predicted molar refractivity (Wildman–Crippen MR) is 142 cm³/mol. The number of hydrogen-bond acceptors (Lipinski definition) is 6. The Hall–Kier alpha value is -4.37. The van der Waals surface area contributed by atoms with Crippen molar-refractivity contribution in [2.24, 2.45) is 0 Å². The molecule has 188 valence electrons. The lowest BCUT2D eigenvalue weighted by Gasteiger charge is -2.36. The van der Waals surface area contributed by atoms with Crippen molar-refractivity contribution < 1.29 is 14.5 Å². The molecule has 1 fully saturated rings. The Morgan fingerprint density at radius 3 is 2.43 bits per heavy atom. The molecule has 5 rings (SSSR count). The number of halogens is 1. The molecule has 1 amide bonds. The second kappa shape index (κ2) is 10.3. The van der Waals surface area contributed by atoms with Crippen molar-refractivity contribution in [3.63, 3.8) is 0 Å². The highest BCUT2D eigenvalue weighted by molar-refractivity contribution is 6.33. The smallest absolute Gasteiger partial charge is 0.272 e. The maximum Gasteiger partial charge on any atom is 0.272 e. The predicted octanol–water partition coefficient (Wildman–Crippen LogP) is 5.07. The number of aromatic nitrogens is 2. The zero-order chi connectivity index (χ0) is 25.9. The maximum atomic E-state index is 13.8. The van der Waals surface area contributed by atoms with E-state index >= 15 is 0 Å². The first-order valence-corrected chi connectivity index (χ1v) is 12.1. The van der Waals surface area contributed by atoms with Crippen LogP contribution in [-0.4, -0.2) is 58.8 Å². The average molecular weight is 518 g/mol. The Labute approximate surface area is 218 Å². The molecule has 0 spiro atoms. The van der Waals surface area contributed by atoms with Crippen molar-refractivity contribution >= 4 is 28.9 Å². The third-order valence-corrected chi connectivity index (χ3v) is 6.69. The molecule has 10 heteroatoms. The molecule has 1 aliphatic heterocycles. The minimum atomic E-state index is -0.472. The maximum absolute atomic E-state index is 13.8. The Balaban J connectivity index is 1.47. The number of methoxy groups -OCH3 is 1. The van der Waals surface area contributed by atoms with E-state index in [9.17, 15) is 14.9 Å². The number of nitro benzene ring substituents is 1.